The number of hydrogen-bond donors (Lipinski definition) is 2. The molecular formula is C25H45NO3. The topological polar surface area (TPSA) is 80.4 Å². The summed E-state index contributed by atoms with van der Waals surface area (Å²) in [5, 5.41) is 7.42. The van der Waals surface area contributed by atoms with Crippen LogP contribution >= 0.6 is 0 Å². The highest BCUT2D eigenvalue weighted by Crippen LogP contribution is 2.67. The molecule has 3 N–H and O–H groups in total. The molecule has 4 nitrogen and oxygen atoms in total. The molecule has 168 valence electrons. The molecule has 0 aliphatic heterocycles. The third-order valence-electron chi connectivity index (χ3n) is 9.27. The zero-order chi connectivity index (χ0) is 21.8. The summed E-state index contributed by atoms with van der Waals surface area (Å²) < 4.78 is 0. The molecule has 4 fully saturated rings. The van der Waals surface area contributed by atoms with Gasteiger partial charge in [0.25, 0.3) is 5.97 Å². The maximum Gasteiger partial charge on any atom is 0.300 e. The number of rotatable bonds is 1. The van der Waals surface area contributed by atoms with Crippen LogP contribution in [0.4, 0.5) is 0 Å². The van der Waals surface area contributed by atoms with Crippen LogP contribution in [0.1, 0.15) is 105 Å². The van der Waals surface area contributed by atoms with E-state index in [-0.39, 0.29) is 5.91 Å². The second-order valence-electron chi connectivity index (χ2n) is 10.8. The lowest BCUT2D eigenvalue weighted by molar-refractivity contribution is -0.134. The van der Waals surface area contributed by atoms with Crippen LogP contribution in [0.15, 0.2) is 0 Å². The van der Waals surface area contributed by atoms with Gasteiger partial charge in [-0.25, -0.2) is 0 Å². The van der Waals surface area contributed by atoms with Crippen LogP contribution in [0.25, 0.3) is 0 Å². The Bertz CT molecular complexity index is 556. The van der Waals surface area contributed by atoms with Crippen LogP contribution in [0.5, 0.6) is 0 Å². The van der Waals surface area contributed by atoms with Gasteiger partial charge in [-0.3, -0.25) is 9.59 Å². The van der Waals surface area contributed by atoms with Crippen molar-refractivity contribution in [1.82, 2.24) is 0 Å². The van der Waals surface area contributed by atoms with Gasteiger partial charge in [0, 0.05) is 13.8 Å². The largest absolute Gasteiger partial charge is 0.481 e. The van der Waals surface area contributed by atoms with Crippen molar-refractivity contribution < 1.29 is 14.7 Å². The first-order valence-electron chi connectivity index (χ1n) is 12.0. The summed E-state index contributed by atoms with van der Waals surface area (Å²) in [7, 11) is 0. The molecule has 0 spiro atoms. The minimum Gasteiger partial charge on any atom is -0.481 e. The summed E-state index contributed by atoms with van der Waals surface area (Å²) in [5.74, 6) is 4.23. The Kier molecular flexibility index (Phi) is 8.21. The number of carbonyl (C=O) groups excluding carboxylic acids is 1. The molecule has 3 unspecified atom stereocenters. The van der Waals surface area contributed by atoms with Gasteiger partial charge >= 0.3 is 0 Å². The summed E-state index contributed by atoms with van der Waals surface area (Å²) in [4.78, 5) is 18.2. The zero-order valence-electron chi connectivity index (χ0n) is 19.5. The molecule has 29 heavy (non-hydrogen) atoms. The molecule has 4 saturated carbocycles. The maximum absolute atomic E-state index is 9.22. The highest BCUT2D eigenvalue weighted by atomic mass is 16.4. The van der Waals surface area contributed by atoms with E-state index >= 15 is 0 Å². The average molecular weight is 408 g/mol. The third-order valence-corrected chi connectivity index (χ3v) is 9.27. The molecule has 0 saturated heterocycles. The monoisotopic (exact) mass is 407 g/mol. The third kappa shape index (κ3) is 5.17. The molecule has 0 aromatic heterocycles. The smallest absolute Gasteiger partial charge is 0.300 e. The summed E-state index contributed by atoms with van der Waals surface area (Å²) in [6.07, 6.45) is 17.0. The van der Waals surface area contributed by atoms with Crippen molar-refractivity contribution in [2.45, 2.75) is 105 Å². The Morgan fingerprint density at radius 3 is 2.07 bits per heavy atom. The predicted octanol–water partition coefficient (Wildman–Crippen LogP) is 6.03. The lowest BCUT2D eigenvalue weighted by Gasteiger charge is -2.60. The van der Waals surface area contributed by atoms with E-state index in [1.165, 1.54) is 26.2 Å². The van der Waals surface area contributed by atoms with Gasteiger partial charge in [-0.1, -0.05) is 40.0 Å². The molecule has 0 heterocycles. The highest BCUT2D eigenvalue weighted by molar-refractivity contribution is 5.70. The van der Waals surface area contributed by atoms with Crippen molar-refractivity contribution in [2.24, 2.45) is 46.2 Å². The summed E-state index contributed by atoms with van der Waals surface area (Å²) in [6.45, 7) is 10.2. The van der Waals surface area contributed by atoms with Gasteiger partial charge in [-0.15, -0.1) is 0 Å². The van der Waals surface area contributed by atoms with Crippen LogP contribution in [0.2, 0.25) is 0 Å². The summed E-state index contributed by atoms with van der Waals surface area (Å²) in [5.41, 5.74) is 5.92. The van der Waals surface area contributed by atoms with Gasteiger partial charge in [0.1, 0.15) is 0 Å². The first-order valence-corrected chi connectivity index (χ1v) is 12.0. The molecule has 1 amide bonds. The molecule has 0 aromatic rings. The van der Waals surface area contributed by atoms with E-state index in [0.717, 1.165) is 41.9 Å². The fourth-order valence-corrected chi connectivity index (χ4v) is 8.07. The second-order valence-corrected chi connectivity index (χ2v) is 10.8. The first-order chi connectivity index (χ1) is 13.6. The SMILES string of the molecule is CC(=O)O.CC(N)=O.CC[C@H]1CCC2C3CC[C@@H]4CCCC[C@]4(C)C3CC[C@@]21C. The van der Waals surface area contributed by atoms with Gasteiger partial charge in [0.05, 0.1) is 0 Å². The standard InChI is InChI=1S/C21H36.C2H5NO.C2H4O2/c1-4-15-9-11-18-17-10-8-16-7-5-6-13-20(16,2)19(17)12-14-21(15,18)3;2*1-2(3)4/h15-19H,4-14H2,1-3H3;1H3,(H2,3,4);1H3,(H,3,4)/t15-,16-,17?,18?,19?,20-,21+;;/m0../s1. The van der Waals surface area contributed by atoms with E-state index in [4.69, 9.17) is 9.90 Å². The summed E-state index contributed by atoms with van der Waals surface area (Å²) in [6, 6.07) is 0. The van der Waals surface area contributed by atoms with Crippen LogP contribution in [0, 0.1) is 40.4 Å². The Labute approximate surface area is 178 Å². The normalized spacial score (nSPS) is 42.6. The lowest BCUT2D eigenvalue weighted by atomic mass is 9.45. The number of carbonyl (C=O) groups is 2. The van der Waals surface area contributed by atoms with Crippen LogP contribution in [-0.2, 0) is 9.59 Å². The zero-order valence-corrected chi connectivity index (χ0v) is 19.5. The van der Waals surface area contributed by atoms with Crippen molar-refractivity contribution in [3.05, 3.63) is 0 Å². The Balaban J connectivity index is 0.000000324. The molecule has 4 heteroatoms. The molecule has 7 atom stereocenters. The van der Waals surface area contributed by atoms with Crippen molar-refractivity contribution in [3.63, 3.8) is 0 Å². The highest BCUT2D eigenvalue weighted by Gasteiger charge is 2.59. The maximum atomic E-state index is 9.22. The van der Waals surface area contributed by atoms with Crippen LogP contribution in [0.3, 0.4) is 0 Å². The number of nitrogens with two attached hydrogens (primary N) is 1. The van der Waals surface area contributed by atoms with Crippen LogP contribution in [-0.4, -0.2) is 17.0 Å². The number of hydrogen-bond acceptors (Lipinski definition) is 2. The lowest BCUT2D eigenvalue weighted by Crippen LogP contribution is -2.52. The molecule has 4 aliphatic carbocycles. The van der Waals surface area contributed by atoms with Crippen molar-refractivity contribution in [1.29, 1.82) is 0 Å². The first kappa shape index (κ1) is 24.2. The molecule has 4 aliphatic rings. The molecule has 0 aromatic carbocycles. The van der Waals surface area contributed by atoms with Gasteiger partial charge in [0.15, 0.2) is 0 Å². The van der Waals surface area contributed by atoms with Crippen molar-refractivity contribution in [2.75, 3.05) is 0 Å². The van der Waals surface area contributed by atoms with Gasteiger partial charge in [-0.2, -0.15) is 0 Å². The van der Waals surface area contributed by atoms with E-state index in [1.807, 2.05) is 0 Å². The van der Waals surface area contributed by atoms with Gasteiger partial charge in [0.2, 0.25) is 5.91 Å². The fourth-order valence-electron chi connectivity index (χ4n) is 8.07. The van der Waals surface area contributed by atoms with Gasteiger partial charge in [-0.05, 0) is 91.8 Å². The van der Waals surface area contributed by atoms with E-state index in [1.54, 1.807) is 51.4 Å². The number of primary amides is 1. The van der Waals surface area contributed by atoms with E-state index < -0.39 is 5.97 Å². The van der Waals surface area contributed by atoms with Gasteiger partial charge < -0.3 is 10.8 Å². The Morgan fingerprint density at radius 2 is 1.48 bits per heavy atom. The molecule has 0 radical (unpaired) electrons. The minimum absolute atomic E-state index is 0.333. The van der Waals surface area contributed by atoms with E-state index in [9.17, 15) is 4.79 Å². The summed E-state index contributed by atoms with van der Waals surface area (Å²) >= 11 is 0. The van der Waals surface area contributed by atoms with Crippen LogP contribution < -0.4 is 5.73 Å². The predicted molar refractivity (Wildman–Crippen MR) is 118 cm³/mol. The minimum atomic E-state index is -0.833. The van der Waals surface area contributed by atoms with E-state index in [2.05, 4.69) is 26.5 Å². The Hall–Kier alpha value is -1.06. The molecule has 0 bridgehead atoms. The number of carboxylic acids is 1. The fraction of sp³-hybridized carbons (Fsp3) is 0.920. The molecular weight excluding hydrogens is 362 g/mol. The number of fused-ring (bicyclic) bond motifs is 5. The number of aliphatic carboxylic acids is 1. The number of carboxylic acid groups (broad SMARTS) is 1. The van der Waals surface area contributed by atoms with Crippen molar-refractivity contribution in [3.8, 4) is 0 Å². The van der Waals surface area contributed by atoms with Crippen molar-refractivity contribution >= 4 is 11.9 Å². The number of amides is 1. The second kappa shape index (κ2) is 9.83. The Morgan fingerprint density at radius 1 is 0.897 bits per heavy atom. The average Bonchev–Trinajstić information content (AvgIpc) is 2.96. The quantitative estimate of drug-likeness (QED) is 0.557. The van der Waals surface area contributed by atoms with E-state index in [0.29, 0.717) is 5.41 Å². The molecule has 4 rings (SSSR count).